The number of hydrogen-bond donors (Lipinski definition) is 2. The fourth-order valence-electron chi connectivity index (χ4n) is 2.02. The summed E-state index contributed by atoms with van der Waals surface area (Å²) in [4.78, 5) is 11.7. The number of benzene rings is 2. The molecule has 0 atom stereocenters. The first-order valence-corrected chi connectivity index (χ1v) is 7.14. The van der Waals surface area contributed by atoms with Crippen LogP contribution in [-0.2, 0) is 4.79 Å². The van der Waals surface area contributed by atoms with Crippen molar-refractivity contribution in [3.63, 3.8) is 0 Å². The van der Waals surface area contributed by atoms with Crippen molar-refractivity contribution in [1.29, 1.82) is 0 Å². The minimum absolute atomic E-state index is 0.191. The SMILES string of the molecule is C=C(NNC(=O)COc1ccc(F)cc1)c1ccc2c(c1)OCO2. The van der Waals surface area contributed by atoms with Crippen LogP contribution in [-0.4, -0.2) is 19.3 Å². The zero-order chi connectivity index (χ0) is 16.9. The molecular formula is C17H15FN2O4. The average Bonchev–Trinajstić information content (AvgIpc) is 3.06. The van der Waals surface area contributed by atoms with Crippen LogP contribution in [0.25, 0.3) is 5.70 Å². The zero-order valence-electron chi connectivity index (χ0n) is 12.7. The molecule has 0 saturated heterocycles. The Bertz CT molecular complexity index is 762. The van der Waals surface area contributed by atoms with Crippen molar-refractivity contribution in [2.75, 3.05) is 13.4 Å². The summed E-state index contributed by atoms with van der Waals surface area (Å²) in [6.07, 6.45) is 0. The average molecular weight is 330 g/mol. The maximum absolute atomic E-state index is 12.8. The highest BCUT2D eigenvalue weighted by Gasteiger charge is 2.14. The van der Waals surface area contributed by atoms with Crippen LogP contribution in [0.15, 0.2) is 49.0 Å². The van der Waals surface area contributed by atoms with Crippen LogP contribution < -0.4 is 25.1 Å². The van der Waals surface area contributed by atoms with E-state index < -0.39 is 5.91 Å². The van der Waals surface area contributed by atoms with Gasteiger partial charge < -0.3 is 14.2 Å². The molecule has 0 fully saturated rings. The predicted octanol–water partition coefficient (Wildman–Crippen LogP) is 2.22. The third-order valence-electron chi connectivity index (χ3n) is 3.26. The highest BCUT2D eigenvalue weighted by molar-refractivity contribution is 5.78. The molecule has 0 unspecified atom stereocenters. The van der Waals surface area contributed by atoms with Gasteiger partial charge in [0.05, 0.1) is 5.70 Å². The first kappa shape index (κ1) is 15.7. The van der Waals surface area contributed by atoms with E-state index in [1.165, 1.54) is 24.3 Å². The number of amides is 1. The number of halogens is 1. The van der Waals surface area contributed by atoms with E-state index in [0.29, 0.717) is 22.9 Å². The number of hydrogen-bond acceptors (Lipinski definition) is 5. The number of carbonyl (C=O) groups excluding carboxylic acids is 1. The van der Waals surface area contributed by atoms with E-state index in [2.05, 4.69) is 17.4 Å². The standard InChI is InChI=1S/C17H15FN2O4/c1-11(12-2-7-15-16(8-12)24-10-23-15)19-20-17(21)9-22-14-5-3-13(18)4-6-14/h2-8,19H,1,9-10H2,(H,20,21). The largest absolute Gasteiger partial charge is 0.484 e. The number of nitrogens with one attached hydrogen (secondary N) is 2. The highest BCUT2D eigenvalue weighted by Crippen LogP contribution is 2.33. The van der Waals surface area contributed by atoms with Gasteiger partial charge >= 0.3 is 0 Å². The Morgan fingerprint density at radius 1 is 1.12 bits per heavy atom. The molecular weight excluding hydrogens is 315 g/mol. The number of rotatable bonds is 6. The molecule has 1 aliphatic heterocycles. The molecule has 1 aliphatic rings. The Hall–Kier alpha value is -3.22. The van der Waals surface area contributed by atoms with Gasteiger partial charge in [0.2, 0.25) is 6.79 Å². The molecule has 2 aromatic rings. The second-order valence-corrected chi connectivity index (χ2v) is 4.96. The van der Waals surface area contributed by atoms with E-state index >= 15 is 0 Å². The van der Waals surface area contributed by atoms with Gasteiger partial charge in [0.15, 0.2) is 18.1 Å². The summed E-state index contributed by atoms with van der Waals surface area (Å²) in [5.74, 6) is 0.931. The van der Waals surface area contributed by atoms with Crippen LogP contribution in [0.2, 0.25) is 0 Å². The van der Waals surface area contributed by atoms with Crippen molar-refractivity contribution < 1.29 is 23.4 Å². The van der Waals surface area contributed by atoms with E-state index in [9.17, 15) is 9.18 Å². The van der Waals surface area contributed by atoms with Crippen molar-refractivity contribution in [2.45, 2.75) is 0 Å². The molecule has 0 aliphatic carbocycles. The molecule has 3 rings (SSSR count). The van der Waals surface area contributed by atoms with Gasteiger partial charge in [-0.25, -0.2) is 4.39 Å². The van der Waals surface area contributed by atoms with Crippen molar-refractivity contribution in [1.82, 2.24) is 10.9 Å². The lowest BCUT2D eigenvalue weighted by Crippen LogP contribution is -2.38. The lowest BCUT2D eigenvalue weighted by molar-refractivity contribution is -0.123. The van der Waals surface area contributed by atoms with Crippen LogP contribution in [0.3, 0.4) is 0 Å². The molecule has 0 saturated carbocycles. The molecule has 2 aromatic carbocycles. The summed E-state index contributed by atoms with van der Waals surface area (Å²) in [5, 5.41) is 0. The minimum Gasteiger partial charge on any atom is -0.484 e. The molecule has 24 heavy (non-hydrogen) atoms. The van der Waals surface area contributed by atoms with Gasteiger partial charge in [-0.15, -0.1) is 0 Å². The summed E-state index contributed by atoms with van der Waals surface area (Å²) < 4.78 is 28.5. The number of hydrazine groups is 1. The van der Waals surface area contributed by atoms with Crippen LogP contribution in [0, 0.1) is 5.82 Å². The van der Waals surface area contributed by atoms with Crippen molar-refractivity contribution in [3.8, 4) is 17.2 Å². The summed E-state index contributed by atoms with van der Waals surface area (Å²) in [5.41, 5.74) is 6.41. The van der Waals surface area contributed by atoms with Crippen LogP contribution >= 0.6 is 0 Å². The van der Waals surface area contributed by atoms with Gasteiger partial charge in [0, 0.05) is 5.56 Å². The summed E-state index contributed by atoms with van der Waals surface area (Å²) in [7, 11) is 0. The van der Waals surface area contributed by atoms with E-state index in [1.807, 2.05) is 0 Å². The third-order valence-corrected chi connectivity index (χ3v) is 3.26. The monoisotopic (exact) mass is 330 g/mol. The maximum Gasteiger partial charge on any atom is 0.276 e. The first-order chi connectivity index (χ1) is 11.6. The second-order valence-electron chi connectivity index (χ2n) is 4.96. The molecule has 0 bridgehead atoms. The third kappa shape index (κ3) is 3.75. The molecule has 2 N–H and O–H groups in total. The van der Waals surface area contributed by atoms with Crippen molar-refractivity contribution in [3.05, 3.63) is 60.4 Å². The number of fused-ring (bicyclic) bond motifs is 1. The Balaban J connectivity index is 1.47. The summed E-state index contributed by atoms with van der Waals surface area (Å²) >= 11 is 0. The number of ether oxygens (including phenoxy) is 3. The molecule has 124 valence electrons. The Morgan fingerprint density at radius 3 is 2.67 bits per heavy atom. The van der Waals surface area contributed by atoms with Crippen LogP contribution in [0.1, 0.15) is 5.56 Å². The smallest absolute Gasteiger partial charge is 0.276 e. The minimum atomic E-state index is -0.402. The maximum atomic E-state index is 12.8. The fourth-order valence-corrected chi connectivity index (χ4v) is 2.02. The van der Waals surface area contributed by atoms with E-state index in [4.69, 9.17) is 14.2 Å². The molecule has 6 nitrogen and oxygen atoms in total. The van der Waals surface area contributed by atoms with E-state index in [1.54, 1.807) is 18.2 Å². The zero-order valence-corrected chi connectivity index (χ0v) is 12.7. The van der Waals surface area contributed by atoms with Crippen LogP contribution in [0.5, 0.6) is 17.2 Å². The molecule has 1 heterocycles. The van der Waals surface area contributed by atoms with Gasteiger partial charge in [-0.05, 0) is 42.5 Å². The molecule has 0 aromatic heterocycles. The van der Waals surface area contributed by atoms with Gasteiger partial charge in [0.25, 0.3) is 5.91 Å². The Labute approximate surface area is 137 Å². The highest BCUT2D eigenvalue weighted by atomic mass is 19.1. The molecule has 1 amide bonds. The van der Waals surface area contributed by atoms with Gasteiger partial charge in [0.1, 0.15) is 11.6 Å². The van der Waals surface area contributed by atoms with Crippen molar-refractivity contribution in [2.24, 2.45) is 0 Å². The van der Waals surface area contributed by atoms with Crippen molar-refractivity contribution >= 4 is 11.6 Å². The fraction of sp³-hybridized carbons (Fsp3) is 0.118. The Kier molecular flexibility index (Phi) is 4.51. The van der Waals surface area contributed by atoms with Crippen LogP contribution in [0.4, 0.5) is 4.39 Å². The quantitative estimate of drug-likeness (QED) is 0.795. The first-order valence-electron chi connectivity index (χ1n) is 7.14. The summed E-state index contributed by atoms with van der Waals surface area (Å²) in [6.45, 7) is 3.82. The number of carbonyl (C=O) groups is 1. The lowest BCUT2D eigenvalue weighted by Gasteiger charge is -2.12. The normalized spacial score (nSPS) is 11.7. The Morgan fingerprint density at radius 2 is 1.88 bits per heavy atom. The lowest BCUT2D eigenvalue weighted by atomic mass is 10.1. The summed E-state index contributed by atoms with van der Waals surface area (Å²) in [6, 6.07) is 10.7. The topological polar surface area (TPSA) is 68.8 Å². The molecule has 0 radical (unpaired) electrons. The predicted molar refractivity (Wildman–Crippen MR) is 84.8 cm³/mol. The van der Waals surface area contributed by atoms with Gasteiger partial charge in [-0.2, -0.15) is 0 Å². The second kappa shape index (κ2) is 6.91. The van der Waals surface area contributed by atoms with Gasteiger partial charge in [-0.3, -0.25) is 15.6 Å². The van der Waals surface area contributed by atoms with E-state index in [0.717, 1.165) is 5.56 Å². The molecule has 0 spiro atoms. The van der Waals surface area contributed by atoms with E-state index in [-0.39, 0.29) is 19.2 Å². The van der Waals surface area contributed by atoms with Gasteiger partial charge in [-0.1, -0.05) is 6.58 Å². The molecule has 7 heteroatoms.